The molecule has 0 radical (unpaired) electrons. The van der Waals surface area contributed by atoms with Crippen LogP contribution in [0.25, 0.3) is 0 Å². The number of likely N-dealkylation sites (tertiary alicyclic amines) is 1. The molecule has 5 nitrogen and oxygen atoms in total. The van der Waals surface area contributed by atoms with E-state index in [0.717, 1.165) is 32.2 Å². The number of hydrogen-bond acceptors (Lipinski definition) is 3. The Kier molecular flexibility index (Phi) is 6.46. The molecule has 5 heteroatoms. The maximum absolute atomic E-state index is 12.0. The average Bonchev–Trinajstić information content (AvgIpc) is 2.37. The number of rotatable bonds is 6. The van der Waals surface area contributed by atoms with Gasteiger partial charge in [0, 0.05) is 37.5 Å². The molecule has 1 fully saturated rings. The van der Waals surface area contributed by atoms with Crippen molar-refractivity contribution >= 4 is 11.8 Å². The summed E-state index contributed by atoms with van der Waals surface area (Å²) in [5.41, 5.74) is 5.41. The lowest BCUT2D eigenvalue weighted by Gasteiger charge is -2.33. The van der Waals surface area contributed by atoms with Gasteiger partial charge < -0.3 is 16.0 Å². The molecule has 1 saturated heterocycles. The second kappa shape index (κ2) is 7.62. The molecule has 0 atom stereocenters. The van der Waals surface area contributed by atoms with Crippen LogP contribution in [-0.2, 0) is 9.59 Å². The largest absolute Gasteiger partial charge is 0.356 e. The highest BCUT2D eigenvalue weighted by molar-refractivity contribution is 5.80. The third-order valence-corrected chi connectivity index (χ3v) is 3.65. The molecule has 116 valence electrons. The zero-order valence-corrected chi connectivity index (χ0v) is 13.1. The van der Waals surface area contributed by atoms with Gasteiger partial charge >= 0.3 is 0 Å². The van der Waals surface area contributed by atoms with Crippen molar-refractivity contribution in [3.63, 3.8) is 0 Å². The van der Waals surface area contributed by atoms with E-state index in [0.29, 0.717) is 19.5 Å². The third-order valence-electron chi connectivity index (χ3n) is 3.65. The highest BCUT2D eigenvalue weighted by Crippen LogP contribution is 2.19. The fraction of sp³-hybridized carbons (Fsp3) is 0.867. The average molecular weight is 283 g/mol. The zero-order chi connectivity index (χ0) is 15.2. The highest BCUT2D eigenvalue weighted by Gasteiger charge is 2.28. The predicted octanol–water partition coefficient (Wildman–Crippen LogP) is 1.27. The van der Waals surface area contributed by atoms with Crippen LogP contribution in [-0.4, -0.2) is 41.9 Å². The minimum absolute atomic E-state index is 0.0572. The summed E-state index contributed by atoms with van der Waals surface area (Å²) in [6.45, 7) is 7.92. The molecule has 0 aliphatic carbocycles. The van der Waals surface area contributed by atoms with E-state index in [1.165, 1.54) is 0 Å². The SMILES string of the molecule is CCCCNC(=O)C1CCN(C(=O)CC(C)(C)N)CC1. The van der Waals surface area contributed by atoms with Gasteiger partial charge in [-0.2, -0.15) is 0 Å². The van der Waals surface area contributed by atoms with Gasteiger partial charge in [-0.1, -0.05) is 13.3 Å². The molecular formula is C15H29N3O2. The van der Waals surface area contributed by atoms with Crippen LogP contribution in [0.5, 0.6) is 0 Å². The monoisotopic (exact) mass is 283 g/mol. The summed E-state index contributed by atoms with van der Waals surface area (Å²) >= 11 is 0. The Morgan fingerprint density at radius 2 is 1.90 bits per heavy atom. The van der Waals surface area contributed by atoms with Gasteiger partial charge in [0.15, 0.2) is 0 Å². The molecule has 20 heavy (non-hydrogen) atoms. The third kappa shape index (κ3) is 5.90. The van der Waals surface area contributed by atoms with Crippen molar-refractivity contribution in [3.8, 4) is 0 Å². The molecule has 1 rings (SSSR count). The van der Waals surface area contributed by atoms with Crippen molar-refractivity contribution in [3.05, 3.63) is 0 Å². The molecule has 0 bridgehead atoms. The molecule has 1 aliphatic heterocycles. The summed E-state index contributed by atoms with van der Waals surface area (Å²) in [5.74, 6) is 0.300. The van der Waals surface area contributed by atoms with E-state index in [1.54, 1.807) is 0 Å². The van der Waals surface area contributed by atoms with Gasteiger partial charge in [0.2, 0.25) is 11.8 Å². The van der Waals surface area contributed by atoms with Crippen LogP contribution >= 0.6 is 0 Å². The fourth-order valence-electron chi connectivity index (χ4n) is 2.43. The van der Waals surface area contributed by atoms with Gasteiger partial charge in [0.1, 0.15) is 0 Å². The standard InChI is InChI=1S/C15H29N3O2/c1-4-5-8-17-14(20)12-6-9-18(10-7-12)13(19)11-15(2,3)16/h12H,4-11,16H2,1-3H3,(H,17,20). The first-order valence-corrected chi connectivity index (χ1v) is 7.68. The lowest BCUT2D eigenvalue weighted by Crippen LogP contribution is -2.46. The van der Waals surface area contributed by atoms with Crippen molar-refractivity contribution in [2.24, 2.45) is 11.7 Å². The highest BCUT2D eigenvalue weighted by atomic mass is 16.2. The second-order valence-corrected chi connectivity index (χ2v) is 6.46. The van der Waals surface area contributed by atoms with E-state index in [2.05, 4.69) is 12.2 Å². The summed E-state index contributed by atoms with van der Waals surface area (Å²) < 4.78 is 0. The fourth-order valence-corrected chi connectivity index (χ4v) is 2.43. The number of amides is 2. The lowest BCUT2D eigenvalue weighted by molar-refractivity contribution is -0.136. The molecule has 0 aromatic carbocycles. The Morgan fingerprint density at radius 3 is 2.40 bits per heavy atom. The van der Waals surface area contributed by atoms with Crippen LogP contribution < -0.4 is 11.1 Å². The number of carbonyl (C=O) groups is 2. The van der Waals surface area contributed by atoms with Gasteiger partial charge in [0.05, 0.1) is 0 Å². The Labute approximate surface area is 122 Å². The maximum atomic E-state index is 12.0. The van der Waals surface area contributed by atoms with Gasteiger partial charge in [-0.15, -0.1) is 0 Å². The van der Waals surface area contributed by atoms with E-state index in [4.69, 9.17) is 5.73 Å². The van der Waals surface area contributed by atoms with E-state index >= 15 is 0 Å². The lowest BCUT2D eigenvalue weighted by atomic mass is 9.94. The number of hydrogen-bond donors (Lipinski definition) is 2. The Balaban J connectivity index is 2.32. The summed E-state index contributed by atoms with van der Waals surface area (Å²) in [6, 6.07) is 0. The van der Waals surface area contributed by atoms with Crippen LogP contribution in [0.4, 0.5) is 0 Å². The molecular weight excluding hydrogens is 254 g/mol. The smallest absolute Gasteiger partial charge is 0.224 e. The number of nitrogens with two attached hydrogens (primary N) is 1. The summed E-state index contributed by atoms with van der Waals surface area (Å²) in [4.78, 5) is 25.8. The first-order valence-electron chi connectivity index (χ1n) is 7.68. The van der Waals surface area contributed by atoms with Gasteiger partial charge in [-0.05, 0) is 33.1 Å². The molecule has 3 N–H and O–H groups in total. The van der Waals surface area contributed by atoms with Crippen molar-refractivity contribution < 1.29 is 9.59 Å². The van der Waals surface area contributed by atoms with Crippen molar-refractivity contribution in [1.29, 1.82) is 0 Å². The van der Waals surface area contributed by atoms with Crippen LogP contribution in [0, 0.1) is 5.92 Å². The maximum Gasteiger partial charge on any atom is 0.224 e. The number of nitrogens with zero attached hydrogens (tertiary/aromatic N) is 1. The summed E-state index contributed by atoms with van der Waals surface area (Å²) in [6.07, 6.45) is 3.99. The quantitative estimate of drug-likeness (QED) is 0.721. The number of carbonyl (C=O) groups excluding carboxylic acids is 2. The van der Waals surface area contributed by atoms with Crippen molar-refractivity contribution in [1.82, 2.24) is 10.2 Å². The Morgan fingerprint density at radius 1 is 1.30 bits per heavy atom. The zero-order valence-electron chi connectivity index (χ0n) is 13.1. The Hall–Kier alpha value is -1.10. The van der Waals surface area contributed by atoms with Crippen molar-refractivity contribution in [2.75, 3.05) is 19.6 Å². The minimum atomic E-state index is -0.467. The van der Waals surface area contributed by atoms with Crippen molar-refractivity contribution in [2.45, 2.75) is 58.4 Å². The number of nitrogens with one attached hydrogen (secondary N) is 1. The molecule has 1 aliphatic rings. The molecule has 0 aromatic rings. The molecule has 0 spiro atoms. The van der Waals surface area contributed by atoms with Crippen LogP contribution in [0.15, 0.2) is 0 Å². The van der Waals surface area contributed by atoms with E-state index in [-0.39, 0.29) is 17.7 Å². The van der Waals surface area contributed by atoms with Gasteiger partial charge in [0.25, 0.3) is 0 Å². The number of piperidine rings is 1. The first-order chi connectivity index (χ1) is 9.33. The molecule has 0 aromatic heterocycles. The summed E-state index contributed by atoms with van der Waals surface area (Å²) in [5, 5.41) is 2.97. The topological polar surface area (TPSA) is 75.4 Å². The van der Waals surface area contributed by atoms with Gasteiger partial charge in [-0.3, -0.25) is 9.59 Å². The van der Waals surface area contributed by atoms with Gasteiger partial charge in [-0.25, -0.2) is 0 Å². The second-order valence-electron chi connectivity index (χ2n) is 6.46. The van der Waals surface area contributed by atoms with E-state index in [1.807, 2.05) is 18.7 Å². The minimum Gasteiger partial charge on any atom is -0.356 e. The molecule has 0 unspecified atom stereocenters. The summed E-state index contributed by atoms with van der Waals surface area (Å²) in [7, 11) is 0. The van der Waals surface area contributed by atoms with E-state index < -0.39 is 5.54 Å². The molecule has 2 amide bonds. The Bertz CT molecular complexity index is 329. The van der Waals surface area contributed by atoms with E-state index in [9.17, 15) is 9.59 Å². The first kappa shape index (κ1) is 17.0. The normalized spacial score (nSPS) is 17.1. The van der Waals surface area contributed by atoms with Crippen LogP contribution in [0.2, 0.25) is 0 Å². The predicted molar refractivity (Wildman–Crippen MR) is 80.1 cm³/mol. The van der Waals surface area contributed by atoms with Crippen LogP contribution in [0.1, 0.15) is 52.9 Å². The molecule has 1 heterocycles. The molecule has 0 saturated carbocycles. The number of unbranched alkanes of at least 4 members (excludes halogenated alkanes) is 1. The van der Waals surface area contributed by atoms with Crippen LogP contribution in [0.3, 0.4) is 0 Å².